The average Bonchev–Trinajstić information content (AvgIpc) is 2.74. The number of hydrogen-bond donors (Lipinski definition) is 2. The third-order valence-corrected chi connectivity index (χ3v) is 5.77. The molecule has 2 heterocycles. The van der Waals surface area contributed by atoms with Crippen LogP contribution in [0.2, 0.25) is 0 Å². The SMILES string of the molecule is C[C@@H]1CO[C@]2([NH+]=C(N)[C@@]3(C#N)[C@](C)(c4ccccc4)[C@@]23C#N)O1. The monoisotopic (exact) mass is 309 g/mol. The zero-order valence-electron chi connectivity index (χ0n) is 13.0. The van der Waals surface area contributed by atoms with Gasteiger partial charge in [-0.3, -0.25) is 5.73 Å². The van der Waals surface area contributed by atoms with E-state index in [1.54, 1.807) is 0 Å². The summed E-state index contributed by atoms with van der Waals surface area (Å²) in [6, 6.07) is 14.1. The third kappa shape index (κ3) is 1.12. The highest BCUT2D eigenvalue weighted by molar-refractivity contribution is 5.97. The number of nitriles is 2. The van der Waals surface area contributed by atoms with Crippen molar-refractivity contribution in [3.05, 3.63) is 35.9 Å². The summed E-state index contributed by atoms with van der Waals surface area (Å²) in [7, 11) is 0. The molecule has 0 unspecified atom stereocenters. The van der Waals surface area contributed by atoms with E-state index in [2.05, 4.69) is 17.1 Å². The van der Waals surface area contributed by atoms with Crippen molar-refractivity contribution in [3.63, 3.8) is 0 Å². The van der Waals surface area contributed by atoms with Crippen LogP contribution in [0.1, 0.15) is 19.4 Å². The first-order valence-electron chi connectivity index (χ1n) is 7.56. The Morgan fingerprint density at radius 2 is 1.96 bits per heavy atom. The van der Waals surface area contributed by atoms with Crippen molar-refractivity contribution in [2.45, 2.75) is 31.3 Å². The zero-order chi connectivity index (χ0) is 16.5. The molecule has 2 fully saturated rings. The lowest BCUT2D eigenvalue weighted by molar-refractivity contribution is -0.679. The summed E-state index contributed by atoms with van der Waals surface area (Å²) in [6.45, 7) is 4.10. The Morgan fingerprint density at radius 1 is 1.26 bits per heavy atom. The minimum absolute atomic E-state index is 0.185. The third-order valence-electron chi connectivity index (χ3n) is 5.77. The van der Waals surface area contributed by atoms with Crippen molar-refractivity contribution >= 4 is 5.84 Å². The lowest BCUT2D eigenvalue weighted by Crippen LogP contribution is -2.90. The van der Waals surface area contributed by atoms with Gasteiger partial charge >= 0.3 is 5.91 Å². The fourth-order valence-corrected chi connectivity index (χ4v) is 4.71. The number of benzene rings is 1. The molecule has 116 valence electrons. The molecule has 2 aliphatic heterocycles. The van der Waals surface area contributed by atoms with E-state index in [4.69, 9.17) is 15.2 Å². The standard InChI is InChI=1S/C17H16N4O2/c1-11-8-22-17(23-11)16(10-19)14(2,12-6-4-3-5-7-12)15(16,9-18)13(20)21-17/h3-7,11H,8H2,1-2H3,(H2,20,21)/p+1/t11-,14+,15+,16-,17+/m1/s1. The van der Waals surface area contributed by atoms with Gasteiger partial charge in [0.2, 0.25) is 0 Å². The highest BCUT2D eigenvalue weighted by atomic mass is 16.8. The minimum Gasteiger partial charge on any atom is -0.311 e. The summed E-state index contributed by atoms with van der Waals surface area (Å²) in [5, 5.41) is 20.1. The van der Waals surface area contributed by atoms with E-state index in [9.17, 15) is 10.5 Å². The van der Waals surface area contributed by atoms with E-state index in [0.29, 0.717) is 6.61 Å². The van der Waals surface area contributed by atoms with E-state index < -0.39 is 22.2 Å². The topological polar surface area (TPSA) is 106 Å². The maximum Gasteiger partial charge on any atom is 0.344 e. The number of amidine groups is 1. The number of nitrogens with one attached hydrogen (secondary N) is 1. The van der Waals surface area contributed by atoms with Crippen LogP contribution in [0.25, 0.3) is 0 Å². The molecule has 1 saturated heterocycles. The Labute approximate surface area is 134 Å². The van der Waals surface area contributed by atoms with Gasteiger partial charge in [0.15, 0.2) is 10.8 Å². The number of fused-ring (bicyclic) bond motifs is 2. The lowest BCUT2D eigenvalue weighted by Gasteiger charge is -2.27. The molecule has 6 heteroatoms. The van der Waals surface area contributed by atoms with Gasteiger partial charge in [0.1, 0.15) is 0 Å². The normalized spacial score (nSPS) is 46.8. The zero-order valence-corrected chi connectivity index (χ0v) is 13.0. The largest absolute Gasteiger partial charge is 0.344 e. The van der Waals surface area contributed by atoms with Crippen LogP contribution in [0.15, 0.2) is 30.3 Å². The Bertz CT molecular complexity index is 810. The highest BCUT2D eigenvalue weighted by Crippen LogP contribution is 2.82. The second-order valence-electron chi connectivity index (χ2n) is 6.61. The molecule has 1 aliphatic carbocycles. The molecule has 1 spiro atoms. The summed E-state index contributed by atoms with van der Waals surface area (Å²) in [6.07, 6.45) is -0.185. The van der Waals surface area contributed by atoms with Crippen LogP contribution in [-0.4, -0.2) is 24.5 Å². The first-order chi connectivity index (χ1) is 11.0. The molecule has 3 aliphatic rings. The number of nitrogens with zero attached hydrogens (tertiary/aromatic N) is 2. The molecule has 23 heavy (non-hydrogen) atoms. The van der Waals surface area contributed by atoms with E-state index in [1.807, 2.05) is 44.2 Å². The lowest BCUT2D eigenvalue weighted by atomic mass is 9.85. The van der Waals surface area contributed by atoms with Crippen LogP contribution >= 0.6 is 0 Å². The maximum absolute atomic E-state index is 10.1. The second-order valence-corrected chi connectivity index (χ2v) is 6.61. The van der Waals surface area contributed by atoms with E-state index >= 15 is 0 Å². The second kappa shape index (κ2) is 3.91. The molecule has 0 aromatic heterocycles. The van der Waals surface area contributed by atoms with Crippen LogP contribution < -0.4 is 10.7 Å². The molecular weight excluding hydrogens is 292 g/mol. The van der Waals surface area contributed by atoms with Gasteiger partial charge in [0, 0.05) is 0 Å². The van der Waals surface area contributed by atoms with Gasteiger partial charge in [-0.1, -0.05) is 37.3 Å². The fraction of sp³-hybridized carbons (Fsp3) is 0.471. The summed E-state index contributed by atoms with van der Waals surface area (Å²) in [4.78, 5) is 2.97. The number of rotatable bonds is 1. The molecule has 0 bridgehead atoms. The van der Waals surface area contributed by atoms with Gasteiger partial charge in [-0.25, -0.2) is 4.99 Å². The molecule has 3 N–H and O–H groups in total. The minimum atomic E-state index is -1.38. The van der Waals surface area contributed by atoms with Crippen LogP contribution in [0.4, 0.5) is 0 Å². The van der Waals surface area contributed by atoms with Crippen molar-refractivity contribution < 1.29 is 14.5 Å². The Kier molecular flexibility index (Phi) is 2.42. The van der Waals surface area contributed by atoms with Gasteiger partial charge in [0.05, 0.1) is 30.3 Å². The Hall–Kier alpha value is -2.41. The quantitative estimate of drug-likeness (QED) is 0.729. The summed E-state index contributed by atoms with van der Waals surface area (Å²) < 4.78 is 11.8. The number of hydrogen-bond acceptors (Lipinski definition) is 5. The molecule has 1 aromatic carbocycles. The molecule has 5 atom stereocenters. The van der Waals surface area contributed by atoms with Crippen molar-refractivity contribution in [1.82, 2.24) is 0 Å². The van der Waals surface area contributed by atoms with Crippen molar-refractivity contribution in [1.29, 1.82) is 10.5 Å². The fourth-order valence-electron chi connectivity index (χ4n) is 4.71. The molecule has 0 amide bonds. The summed E-state index contributed by atoms with van der Waals surface area (Å²) >= 11 is 0. The summed E-state index contributed by atoms with van der Waals surface area (Å²) in [5.41, 5.74) is 3.84. The van der Waals surface area contributed by atoms with Crippen LogP contribution in [-0.2, 0) is 14.9 Å². The van der Waals surface area contributed by atoms with E-state index in [-0.39, 0.29) is 11.9 Å². The van der Waals surface area contributed by atoms with Crippen LogP contribution in [0.3, 0.4) is 0 Å². The smallest absolute Gasteiger partial charge is 0.311 e. The van der Waals surface area contributed by atoms with Gasteiger partial charge in [-0.15, -0.1) is 0 Å². The molecule has 1 aromatic rings. The van der Waals surface area contributed by atoms with Gasteiger partial charge in [-0.2, -0.15) is 10.5 Å². The van der Waals surface area contributed by atoms with Crippen LogP contribution in [0, 0.1) is 33.5 Å². The Morgan fingerprint density at radius 3 is 2.48 bits per heavy atom. The molecule has 1 saturated carbocycles. The summed E-state index contributed by atoms with van der Waals surface area (Å²) in [5.74, 6) is -1.15. The van der Waals surface area contributed by atoms with Crippen molar-refractivity contribution in [3.8, 4) is 12.1 Å². The number of nitrogens with two attached hydrogens (primary N) is 1. The first kappa shape index (κ1) is 14.2. The van der Waals surface area contributed by atoms with Gasteiger partial charge in [-0.05, 0) is 12.5 Å². The maximum atomic E-state index is 10.1. The molecule has 6 nitrogen and oxygen atoms in total. The van der Waals surface area contributed by atoms with Crippen molar-refractivity contribution in [2.75, 3.05) is 6.61 Å². The molecule has 0 radical (unpaired) electrons. The number of ether oxygens (including phenoxy) is 2. The van der Waals surface area contributed by atoms with Crippen molar-refractivity contribution in [2.24, 2.45) is 16.6 Å². The predicted molar refractivity (Wildman–Crippen MR) is 79.3 cm³/mol. The van der Waals surface area contributed by atoms with E-state index in [0.717, 1.165) is 5.56 Å². The van der Waals surface area contributed by atoms with Gasteiger partial charge < -0.3 is 9.47 Å². The Balaban J connectivity index is 2.01. The van der Waals surface area contributed by atoms with Crippen LogP contribution in [0.5, 0.6) is 0 Å². The first-order valence-corrected chi connectivity index (χ1v) is 7.56. The highest BCUT2D eigenvalue weighted by Gasteiger charge is 3.03. The predicted octanol–water partition coefficient (Wildman–Crippen LogP) is -0.482. The van der Waals surface area contributed by atoms with Gasteiger partial charge in [0.25, 0.3) is 5.84 Å². The molecular formula is C17H17N4O2+. The molecule has 4 rings (SSSR count). The van der Waals surface area contributed by atoms with E-state index in [1.165, 1.54) is 0 Å². The average molecular weight is 309 g/mol.